The van der Waals surface area contributed by atoms with Gasteiger partial charge >= 0.3 is 5.97 Å². The van der Waals surface area contributed by atoms with Gasteiger partial charge < -0.3 is 4.74 Å². The standard InChI is InChI=1S/C14H19IO2/c1-12(16)17-14-9-7-13(8-10-14)6-4-2-3-5-11-15/h7-10H,2-6,11H2,1H3. The first-order valence-corrected chi connectivity index (χ1v) is 7.58. The maximum absolute atomic E-state index is 10.7. The minimum atomic E-state index is -0.267. The molecule has 0 atom stereocenters. The van der Waals surface area contributed by atoms with Gasteiger partial charge in [-0.05, 0) is 41.4 Å². The van der Waals surface area contributed by atoms with Crippen molar-refractivity contribution >= 4 is 28.6 Å². The molecule has 0 fully saturated rings. The van der Waals surface area contributed by atoms with E-state index >= 15 is 0 Å². The average molecular weight is 346 g/mol. The van der Waals surface area contributed by atoms with Crippen molar-refractivity contribution < 1.29 is 9.53 Å². The van der Waals surface area contributed by atoms with Gasteiger partial charge in [-0.25, -0.2) is 0 Å². The molecule has 0 bridgehead atoms. The zero-order valence-electron chi connectivity index (χ0n) is 10.2. The SMILES string of the molecule is CC(=O)Oc1ccc(CCCCCCI)cc1. The molecule has 0 amide bonds. The van der Waals surface area contributed by atoms with Crippen molar-refractivity contribution in [1.82, 2.24) is 0 Å². The highest BCUT2D eigenvalue weighted by Gasteiger charge is 1.98. The number of rotatable bonds is 7. The number of hydrogen-bond acceptors (Lipinski definition) is 2. The second kappa shape index (κ2) is 8.50. The number of benzene rings is 1. The lowest BCUT2D eigenvalue weighted by molar-refractivity contribution is -0.131. The van der Waals surface area contributed by atoms with Gasteiger partial charge in [-0.2, -0.15) is 0 Å². The van der Waals surface area contributed by atoms with Gasteiger partial charge in [-0.3, -0.25) is 4.79 Å². The van der Waals surface area contributed by atoms with Crippen molar-refractivity contribution in [2.75, 3.05) is 4.43 Å². The molecular weight excluding hydrogens is 327 g/mol. The Balaban J connectivity index is 2.28. The fourth-order valence-electron chi connectivity index (χ4n) is 1.67. The largest absolute Gasteiger partial charge is 0.427 e. The van der Waals surface area contributed by atoms with Crippen LogP contribution in [0.15, 0.2) is 24.3 Å². The van der Waals surface area contributed by atoms with Crippen LogP contribution in [-0.4, -0.2) is 10.4 Å². The second-order valence-corrected chi connectivity index (χ2v) is 5.17. The molecule has 0 saturated carbocycles. The quantitative estimate of drug-likeness (QED) is 0.244. The van der Waals surface area contributed by atoms with Crippen molar-refractivity contribution in [2.24, 2.45) is 0 Å². The molecule has 3 heteroatoms. The summed E-state index contributed by atoms with van der Waals surface area (Å²) in [6.07, 6.45) is 6.31. The number of hydrogen-bond donors (Lipinski definition) is 0. The Kier molecular flexibility index (Phi) is 7.24. The Morgan fingerprint density at radius 1 is 1.12 bits per heavy atom. The lowest BCUT2D eigenvalue weighted by Gasteiger charge is -2.04. The van der Waals surface area contributed by atoms with E-state index in [1.165, 1.54) is 42.6 Å². The van der Waals surface area contributed by atoms with Gasteiger partial charge in [0.15, 0.2) is 0 Å². The summed E-state index contributed by atoms with van der Waals surface area (Å²) in [4.78, 5) is 10.7. The van der Waals surface area contributed by atoms with Crippen LogP contribution in [0, 0.1) is 0 Å². The molecule has 1 aromatic carbocycles. The molecule has 0 unspecified atom stereocenters. The number of alkyl halides is 1. The number of ether oxygens (including phenoxy) is 1. The Hall–Kier alpha value is -0.580. The lowest BCUT2D eigenvalue weighted by Crippen LogP contribution is -2.01. The van der Waals surface area contributed by atoms with E-state index in [1.54, 1.807) is 0 Å². The third-order valence-corrected chi connectivity index (χ3v) is 3.30. The van der Waals surface area contributed by atoms with E-state index in [9.17, 15) is 4.79 Å². The minimum absolute atomic E-state index is 0.267. The van der Waals surface area contributed by atoms with Gasteiger partial charge in [0.1, 0.15) is 5.75 Å². The van der Waals surface area contributed by atoms with Crippen LogP contribution in [-0.2, 0) is 11.2 Å². The predicted octanol–water partition coefficient (Wildman–Crippen LogP) is 4.15. The number of halogens is 1. The number of carbonyl (C=O) groups is 1. The summed E-state index contributed by atoms with van der Waals surface area (Å²) in [7, 11) is 0. The highest BCUT2D eigenvalue weighted by molar-refractivity contribution is 14.1. The summed E-state index contributed by atoms with van der Waals surface area (Å²) in [5.74, 6) is 0.364. The van der Waals surface area contributed by atoms with Gasteiger partial charge in [-0.15, -0.1) is 0 Å². The molecule has 0 heterocycles. The molecule has 0 spiro atoms. The van der Waals surface area contributed by atoms with E-state index in [2.05, 4.69) is 22.6 Å². The second-order valence-electron chi connectivity index (χ2n) is 4.09. The normalized spacial score (nSPS) is 10.2. The molecule has 0 aliphatic rings. The van der Waals surface area contributed by atoms with Gasteiger partial charge in [-0.1, -0.05) is 47.6 Å². The Morgan fingerprint density at radius 3 is 2.35 bits per heavy atom. The summed E-state index contributed by atoms with van der Waals surface area (Å²) in [6, 6.07) is 7.80. The maximum atomic E-state index is 10.7. The summed E-state index contributed by atoms with van der Waals surface area (Å²) in [5.41, 5.74) is 1.32. The zero-order chi connectivity index (χ0) is 12.5. The molecule has 1 rings (SSSR count). The van der Waals surface area contributed by atoms with Gasteiger partial charge in [0, 0.05) is 6.92 Å². The monoisotopic (exact) mass is 346 g/mol. The number of carbonyl (C=O) groups excluding carboxylic acids is 1. The first-order chi connectivity index (χ1) is 8.22. The van der Waals surface area contributed by atoms with Crippen molar-refractivity contribution in [3.8, 4) is 5.75 Å². The molecule has 0 saturated heterocycles. The smallest absolute Gasteiger partial charge is 0.308 e. The first-order valence-electron chi connectivity index (χ1n) is 6.05. The molecule has 0 aliphatic heterocycles. The van der Waals surface area contributed by atoms with Crippen LogP contribution in [0.2, 0.25) is 0 Å². The van der Waals surface area contributed by atoms with Crippen LogP contribution in [0.4, 0.5) is 0 Å². The van der Waals surface area contributed by atoms with Gasteiger partial charge in [0.2, 0.25) is 0 Å². The third kappa shape index (κ3) is 6.66. The van der Waals surface area contributed by atoms with Crippen LogP contribution < -0.4 is 4.74 Å². The minimum Gasteiger partial charge on any atom is -0.427 e. The lowest BCUT2D eigenvalue weighted by atomic mass is 10.1. The predicted molar refractivity (Wildman–Crippen MR) is 78.8 cm³/mol. The molecule has 17 heavy (non-hydrogen) atoms. The molecule has 0 radical (unpaired) electrons. The highest BCUT2D eigenvalue weighted by Crippen LogP contribution is 2.14. The molecular formula is C14H19IO2. The average Bonchev–Trinajstić information content (AvgIpc) is 2.30. The summed E-state index contributed by atoms with van der Waals surface area (Å²) in [5, 5.41) is 0. The highest BCUT2D eigenvalue weighted by atomic mass is 127. The van der Waals surface area contributed by atoms with E-state index in [-0.39, 0.29) is 5.97 Å². The fourth-order valence-corrected chi connectivity index (χ4v) is 2.21. The zero-order valence-corrected chi connectivity index (χ0v) is 12.4. The topological polar surface area (TPSA) is 26.3 Å². The van der Waals surface area contributed by atoms with E-state index in [0.29, 0.717) is 5.75 Å². The summed E-state index contributed by atoms with van der Waals surface area (Å²) in [6.45, 7) is 1.42. The van der Waals surface area contributed by atoms with Crippen LogP contribution in [0.1, 0.15) is 38.2 Å². The van der Waals surface area contributed by atoms with Crippen molar-refractivity contribution in [2.45, 2.75) is 39.0 Å². The number of aryl methyl sites for hydroxylation is 1. The molecule has 94 valence electrons. The van der Waals surface area contributed by atoms with Crippen LogP contribution in [0.5, 0.6) is 5.75 Å². The summed E-state index contributed by atoms with van der Waals surface area (Å²) < 4.78 is 6.25. The molecule has 0 N–H and O–H groups in total. The van der Waals surface area contributed by atoms with E-state index in [4.69, 9.17) is 4.74 Å². The third-order valence-electron chi connectivity index (χ3n) is 2.53. The first kappa shape index (κ1) is 14.5. The number of unbranched alkanes of at least 4 members (excludes halogenated alkanes) is 3. The van der Waals surface area contributed by atoms with Crippen molar-refractivity contribution in [1.29, 1.82) is 0 Å². The van der Waals surface area contributed by atoms with E-state index in [1.807, 2.05) is 24.3 Å². The summed E-state index contributed by atoms with van der Waals surface area (Å²) >= 11 is 2.42. The van der Waals surface area contributed by atoms with Crippen LogP contribution >= 0.6 is 22.6 Å². The Bertz CT molecular complexity index is 333. The molecule has 0 aliphatic carbocycles. The Morgan fingerprint density at radius 2 is 1.76 bits per heavy atom. The van der Waals surface area contributed by atoms with Crippen molar-refractivity contribution in [3.63, 3.8) is 0 Å². The van der Waals surface area contributed by atoms with E-state index in [0.717, 1.165) is 6.42 Å². The molecule has 2 nitrogen and oxygen atoms in total. The maximum Gasteiger partial charge on any atom is 0.308 e. The van der Waals surface area contributed by atoms with Crippen molar-refractivity contribution in [3.05, 3.63) is 29.8 Å². The molecule has 0 aromatic heterocycles. The van der Waals surface area contributed by atoms with Crippen LogP contribution in [0.25, 0.3) is 0 Å². The molecule has 1 aromatic rings. The van der Waals surface area contributed by atoms with Crippen LogP contribution in [0.3, 0.4) is 0 Å². The van der Waals surface area contributed by atoms with Gasteiger partial charge in [0.25, 0.3) is 0 Å². The van der Waals surface area contributed by atoms with E-state index < -0.39 is 0 Å². The Labute approximate surface area is 117 Å². The fraction of sp³-hybridized carbons (Fsp3) is 0.500. The number of esters is 1. The van der Waals surface area contributed by atoms with Gasteiger partial charge in [0.05, 0.1) is 0 Å².